The van der Waals surface area contributed by atoms with E-state index in [-0.39, 0.29) is 6.04 Å². The fourth-order valence-corrected chi connectivity index (χ4v) is 1.45. The van der Waals surface area contributed by atoms with Gasteiger partial charge in [-0.2, -0.15) is 25.8 Å². The summed E-state index contributed by atoms with van der Waals surface area (Å²) in [7, 11) is 0. The van der Waals surface area contributed by atoms with Gasteiger partial charge in [0, 0.05) is 18.3 Å². The van der Waals surface area contributed by atoms with E-state index in [1.807, 2.05) is 0 Å². The minimum atomic E-state index is -4.09. The van der Waals surface area contributed by atoms with Crippen LogP contribution in [0, 0.1) is 0 Å². The molecule has 0 aromatic carbocycles. The lowest BCUT2D eigenvalue weighted by Crippen LogP contribution is -2.36. The Labute approximate surface area is 87.4 Å². The minimum Gasteiger partial charge on any atom is -0.288 e. The van der Waals surface area contributed by atoms with Gasteiger partial charge >= 0.3 is 6.18 Å². The van der Waals surface area contributed by atoms with Crippen molar-refractivity contribution in [2.75, 3.05) is 18.8 Å². The van der Waals surface area contributed by atoms with Crippen LogP contribution in [0.15, 0.2) is 12.2 Å². The van der Waals surface area contributed by atoms with Crippen LogP contribution in [-0.2, 0) is 0 Å². The average Bonchev–Trinajstić information content (AvgIpc) is 2.83. The number of hydrogen-bond acceptors (Lipinski definition) is 2. The number of thiol groups is 1. The summed E-state index contributed by atoms with van der Waals surface area (Å²) in [5.74, 6) is 0.574. The number of hydrogen-bond donors (Lipinski definition) is 1. The summed E-state index contributed by atoms with van der Waals surface area (Å²) in [6.45, 7) is -0.417. The van der Waals surface area contributed by atoms with Gasteiger partial charge in [0.1, 0.15) is 0 Å². The third kappa shape index (κ3) is 4.91. The number of nitrogens with zero attached hydrogens (tertiary/aromatic N) is 1. The Hall–Kier alpha value is -0.160. The van der Waals surface area contributed by atoms with Crippen molar-refractivity contribution in [2.24, 2.45) is 0 Å². The van der Waals surface area contributed by atoms with Crippen LogP contribution < -0.4 is 0 Å². The fourth-order valence-electron chi connectivity index (χ4n) is 1.30. The van der Waals surface area contributed by atoms with Crippen LogP contribution in [0.3, 0.4) is 0 Å². The molecule has 1 nitrogen and oxygen atoms in total. The molecule has 1 rings (SSSR count). The van der Waals surface area contributed by atoms with E-state index >= 15 is 0 Å². The topological polar surface area (TPSA) is 3.24 Å². The van der Waals surface area contributed by atoms with Crippen molar-refractivity contribution in [3.05, 3.63) is 12.2 Å². The molecule has 0 spiro atoms. The van der Waals surface area contributed by atoms with Crippen LogP contribution in [0.5, 0.6) is 0 Å². The van der Waals surface area contributed by atoms with Crippen LogP contribution in [0.4, 0.5) is 13.2 Å². The van der Waals surface area contributed by atoms with E-state index in [4.69, 9.17) is 0 Å². The summed E-state index contributed by atoms with van der Waals surface area (Å²) in [4.78, 5) is 1.47. The summed E-state index contributed by atoms with van der Waals surface area (Å²) < 4.78 is 36.4. The first kappa shape index (κ1) is 11.9. The maximum atomic E-state index is 12.1. The first-order valence-corrected chi connectivity index (χ1v) is 5.23. The summed E-state index contributed by atoms with van der Waals surface area (Å²) >= 11 is 3.95. The fraction of sp³-hybridized carbons (Fsp3) is 0.778. The third-order valence-corrected chi connectivity index (χ3v) is 2.27. The molecule has 0 amide bonds. The van der Waals surface area contributed by atoms with E-state index in [1.165, 1.54) is 4.90 Å². The van der Waals surface area contributed by atoms with Gasteiger partial charge in [0.25, 0.3) is 0 Å². The van der Waals surface area contributed by atoms with Crippen molar-refractivity contribution >= 4 is 12.6 Å². The highest BCUT2D eigenvalue weighted by atomic mass is 32.1. The van der Waals surface area contributed by atoms with E-state index in [0.29, 0.717) is 12.3 Å². The van der Waals surface area contributed by atoms with Crippen LogP contribution in [0.2, 0.25) is 0 Å². The molecule has 1 aliphatic carbocycles. The standard InChI is InChI=1S/C9H14F3NS/c10-9(11,12)7-13(8-3-4-8)5-1-2-6-14/h1-2,8,14H,3-7H2. The molecule has 1 fully saturated rings. The second-order valence-electron chi connectivity index (χ2n) is 3.43. The van der Waals surface area contributed by atoms with Crippen molar-refractivity contribution < 1.29 is 13.2 Å². The molecule has 0 unspecified atom stereocenters. The van der Waals surface area contributed by atoms with Gasteiger partial charge < -0.3 is 0 Å². The zero-order valence-electron chi connectivity index (χ0n) is 7.80. The summed E-state index contributed by atoms with van der Waals surface area (Å²) in [5, 5.41) is 0. The van der Waals surface area contributed by atoms with Crippen molar-refractivity contribution in [1.82, 2.24) is 4.90 Å². The predicted octanol–water partition coefficient (Wildman–Crippen LogP) is 2.50. The lowest BCUT2D eigenvalue weighted by Gasteiger charge is -2.21. The van der Waals surface area contributed by atoms with E-state index in [1.54, 1.807) is 12.2 Å². The molecule has 0 heterocycles. The highest BCUT2D eigenvalue weighted by molar-refractivity contribution is 7.80. The van der Waals surface area contributed by atoms with E-state index in [0.717, 1.165) is 12.8 Å². The van der Waals surface area contributed by atoms with Gasteiger partial charge in [0.05, 0.1) is 6.54 Å². The van der Waals surface area contributed by atoms with Gasteiger partial charge in [-0.1, -0.05) is 12.2 Å². The number of halogens is 3. The molecule has 1 aliphatic rings. The van der Waals surface area contributed by atoms with Gasteiger partial charge in [-0.3, -0.25) is 4.90 Å². The molecular weight excluding hydrogens is 211 g/mol. The summed E-state index contributed by atoms with van der Waals surface area (Å²) in [5.41, 5.74) is 0. The Morgan fingerprint density at radius 1 is 1.29 bits per heavy atom. The van der Waals surface area contributed by atoms with Crippen LogP contribution in [0.1, 0.15) is 12.8 Å². The van der Waals surface area contributed by atoms with E-state index < -0.39 is 12.7 Å². The average molecular weight is 225 g/mol. The third-order valence-electron chi connectivity index (χ3n) is 2.06. The molecule has 0 aromatic rings. The van der Waals surface area contributed by atoms with Crippen molar-refractivity contribution in [3.8, 4) is 0 Å². The molecule has 0 radical (unpaired) electrons. The first-order valence-electron chi connectivity index (χ1n) is 4.59. The van der Waals surface area contributed by atoms with Crippen LogP contribution >= 0.6 is 12.6 Å². The largest absolute Gasteiger partial charge is 0.401 e. The Bertz CT molecular complexity index is 199. The molecule has 0 saturated heterocycles. The SMILES string of the molecule is FC(F)(F)CN(CC=CCS)C1CC1. The molecule has 0 bridgehead atoms. The monoisotopic (exact) mass is 225 g/mol. The normalized spacial score (nSPS) is 18.4. The molecular formula is C9H14F3NS. The minimum absolute atomic E-state index is 0.140. The molecule has 0 aliphatic heterocycles. The van der Waals surface area contributed by atoms with Gasteiger partial charge in [-0.25, -0.2) is 0 Å². The van der Waals surface area contributed by atoms with Crippen LogP contribution in [0.25, 0.3) is 0 Å². The lowest BCUT2D eigenvalue weighted by molar-refractivity contribution is -0.145. The summed E-state index contributed by atoms with van der Waals surface area (Å²) in [6, 6.07) is 0.140. The van der Waals surface area contributed by atoms with Crippen molar-refractivity contribution in [3.63, 3.8) is 0 Å². The summed E-state index contributed by atoms with van der Waals surface area (Å²) in [6.07, 6.45) is 1.22. The van der Waals surface area contributed by atoms with Gasteiger partial charge in [0.15, 0.2) is 0 Å². The Kier molecular flexibility index (Phi) is 4.31. The zero-order chi connectivity index (χ0) is 10.6. The molecule has 82 valence electrons. The maximum Gasteiger partial charge on any atom is 0.401 e. The number of alkyl halides is 3. The smallest absolute Gasteiger partial charge is 0.288 e. The second-order valence-corrected chi connectivity index (χ2v) is 3.79. The molecule has 0 N–H and O–H groups in total. The predicted molar refractivity (Wildman–Crippen MR) is 53.6 cm³/mol. The highest BCUT2D eigenvalue weighted by Gasteiger charge is 2.37. The van der Waals surface area contributed by atoms with Gasteiger partial charge in [-0.05, 0) is 12.8 Å². The van der Waals surface area contributed by atoms with E-state index in [2.05, 4.69) is 12.6 Å². The van der Waals surface area contributed by atoms with Gasteiger partial charge in [-0.15, -0.1) is 0 Å². The molecule has 0 aromatic heterocycles. The quantitative estimate of drug-likeness (QED) is 0.556. The van der Waals surface area contributed by atoms with Crippen LogP contribution in [-0.4, -0.2) is 36.0 Å². The molecule has 0 atom stereocenters. The second kappa shape index (κ2) is 5.07. The van der Waals surface area contributed by atoms with Gasteiger partial charge in [0.2, 0.25) is 0 Å². The molecule has 5 heteroatoms. The Morgan fingerprint density at radius 2 is 1.93 bits per heavy atom. The van der Waals surface area contributed by atoms with Crippen molar-refractivity contribution in [1.29, 1.82) is 0 Å². The maximum absolute atomic E-state index is 12.1. The zero-order valence-corrected chi connectivity index (χ0v) is 8.69. The van der Waals surface area contributed by atoms with Crippen molar-refractivity contribution in [2.45, 2.75) is 25.1 Å². The first-order chi connectivity index (χ1) is 6.53. The molecule has 1 saturated carbocycles. The highest BCUT2D eigenvalue weighted by Crippen LogP contribution is 2.29. The van der Waals surface area contributed by atoms with E-state index in [9.17, 15) is 13.2 Å². The lowest BCUT2D eigenvalue weighted by atomic mass is 10.4. The Morgan fingerprint density at radius 3 is 2.36 bits per heavy atom. The molecule has 14 heavy (non-hydrogen) atoms. The Balaban J connectivity index is 2.35. The number of rotatable bonds is 5.